The van der Waals surface area contributed by atoms with Crippen molar-refractivity contribution in [3.63, 3.8) is 0 Å². The first-order chi connectivity index (χ1) is 13.6. The molecule has 0 saturated carbocycles. The minimum Gasteiger partial charge on any atom is -0.491 e. The summed E-state index contributed by atoms with van der Waals surface area (Å²) in [7, 11) is 0. The van der Waals surface area contributed by atoms with Crippen LogP contribution in [0.1, 0.15) is 12.8 Å². The van der Waals surface area contributed by atoms with E-state index in [0.29, 0.717) is 43.1 Å². The van der Waals surface area contributed by atoms with Gasteiger partial charge in [0.15, 0.2) is 11.5 Å². The summed E-state index contributed by atoms with van der Waals surface area (Å²) in [4.78, 5) is 14.4. The smallest absolute Gasteiger partial charge is 0.238 e. The Balaban J connectivity index is 1.23. The highest BCUT2D eigenvalue weighted by atomic mass is 16.7. The van der Waals surface area contributed by atoms with E-state index in [1.54, 1.807) is 18.2 Å². The molecule has 2 heterocycles. The Labute approximate surface area is 163 Å². The number of hydrogen-bond acceptors (Lipinski definition) is 6. The van der Waals surface area contributed by atoms with Crippen LogP contribution in [0.4, 0.5) is 5.69 Å². The lowest BCUT2D eigenvalue weighted by atomic mass is 9.92. The number of nitrogens with zero attached hydrogens (tertiary/aromatic N) is 1. The van der Waals surface area contributed by atoms with Gasteiger partial charge in [0.05, 0.1) is 6.54 Å². The summed E-state index contributed by atoms with van der Waals surface area (Å²) in [5.41, 5.74) is -0.181. The van der Waals surface area contributed by atoms with Crippen molar-refractivity contribution in [2.75, 3.05) is 38.4 Å². The predicted octanol–water partition coefficient (Wildman–Crippen LogP) is 2.26. The molecule has 0 aromatic heterocycles. The van der Waals surface area contributed by atoms with Gasteiger partial charge in [-0.25, -0.2) is 0 Å². The minimum atomic E-state index is -0.861. The normalized spacial score (nSPS) is 17.9. The second kappa shape index (κ2) is 8.08. The first-order valence-electron chi connectivity index (χ1n) is 9.42. The van der Waals surface area contributed by atoms with Crippen LogP contribution in [0.3, 0.4) is 0 Å². The largest absolute Gasteiger partial charge is 0.491 e. The van der Waals surface area contributed by atoms with Crippen LogP contribution >= 0.6 is 0 Å². The number of amides is 1. The molecule has 0 unspecified atom stereocenters. The van der Waals surface area contributed by atoms with Gasteiger partial charge in [0, 0.05) is 24.8 Å². The van der Waals surface area contributed by atoms with Gasteiger partial charge in [-0.1, -0.05) is 18.2 Å². The number of carbonyl (C=O) groups is 1. The van der Waals surface area contributed by atoms with Crippen molar-refractivity contribution in [2.24, 2.45) is 0 Å². The number of carbonyl (C=O) groups excluding carboxylic acids is 1. The molecule has 1 fully saturated rings. The summed E-state index contributed by atoms with van der Waals surface area (Å²) in [6, 6.07) is 14.8. The quantitative estimate of drug-likeness (QED) is 0.795. The molecule has 0 atom stereocenters. The monoisotopic (exact) mass is 384 g/mol. The highest BCUT2D eigenvalue weighted by Gasteiger charge is 2.33. The van der Waals surface area contributed by atoms with Gasteiger partial charge in [0.25, 0.3) is 0 Å². The van der Waals surface area contributed by atoms with E-state index >= 15 is 0 Å². The number of piperidine rings is 1. The minimum absolute atomic E-state index is 0.0927. The summed E-state index contributed by atoms with van der Waals surface area (Å²) in [6.45, 7) is 2.03. The molecule has 28 heavy (non-hydrogen) atoms. The average molecular weight is 384 g/mol. The first-order valence-corrected chi connectivity index (χ1v) is 9.42. The zero-order valence-corrected chi connectivity index (χ0v) is 15.6. The van der Waals surface area contributed by atoms with E-state index in [2.05, 4.69) is 5.32 Å². The van der Waals surface area contributed by atoms with Gasteiger partial charge >= 0.3 is 0 Å². The van der Waals surface area contributed by atoms with Crippen molar-refractivity contribution >= 4 is 11.6 Å². The second-order valence-electron chi connectivity index (χ2n) is 7.22. The van der Waals surface area contributed by atoms with Crippen LogP contribution in [-0.2, 0) is 4.79 Å². The fraction of sp³-hybridized carbons (Fsp3) is 0.381. The number of aliphatic hydroxyl groups is 1. The van der Waals surface area contributed by atoms with Crippen molar-refractivity contribution in [3.8, 4) is 17.2 Å². The lowest BCUT2D eigenvalue weighted by molar-refractivity contribution is -0.119. The molecule has 1 amide bonds. The van der Waals surface area contributed by atoms with Crippen LogP contribution in [-0.4, -0.2) is 54.5 Å². The van der Waals surface area contributed by atoms with Gasteiger partial charge in [-0.15, -0.1) is 0 Å². The first kappa shape index (κ1) is 18.6. The number of ether oxygens (including phenoxy) is 3. The molecule has 0 bridgehead atoms. The number of nitrogens with one attached hydrogen (secondary N) is 1. The topological polar surface area (TPSA) is 80.3 Å². The molecule has 2 aliphatic heterocycles. The highest BCUT2D eigenvalue weighted by molar-refractivity contribution is 5.92. The van der Waals surface area contributed by atoms with Gasteiger partial charge in [-0.3, -0.25) is 9.69 Å². The molecular formula is C21H24N2O5. The number of likely N-dealkylation sites (tertiary alicyclic amines) is 1. The third-order valence-corrected chi connectivity index (χ3v) is 5.06. The Hall–Kier alpha value is -2.77. The van der Waals surface area contributed by atoms with E-state index in [1.807, 2.05) is 35.2 Å². The lowest BCUT2D eigenvalue weighted by Crippen LogP contribution is -2.49. The molecular weight excluding hydrogens is 360 g/mol. The third kappa shape index (κ3) is 4.55. The average Bonchev–Trinajstić information content (AvgIpc) is 3.17. The van der Waals surface area contributed by atoms with E-state index in [-0.39, 0.29) is 25.9 Å². The maximum atomic E-state index is 12.3. The number of hydrogen-bond donors (Lipinski definition) is 2. The van der Waals surface area contributed by atoms with Crippen molar-refractivity contribution < 1.29 is 24.1 Å². The lowest BCUT2D eigenvalue weighted by Gasteiger charge is -2.37. The van der Waals surface area contributed by atoms with E-state index in [1.165, 1.54) is 0 Å². The Kier molecular flexibility index (Phi) is 5.36. The van der Waals surface area contributed by atoms with Crippen molar-refractivity contribution in [3.05, 3.63) is 48.5 Å². The Morgan fingerprint density at radius 1 is 1.11 bits per heavy atom. The Morgan fingerprint density at radius 3 is 2.64 bits per heavy atom. The highest BCUT2D eigenvalue weighted by Crippen LogP contribution is 2.34. The Morgan fingerprint density at radius 2 is 1.86 bits per heavy atom. The molecule has 148 valence electrons. The predicted molar refractivity (Wildman–Crippen MR) is 104 cm³/mol. The van der Waals surface area contributed by atoms with Crippen LogP contribution in [0.15, 0.2) is 48.5 Å². The fourth-order valence-corrected chi connectivity index (χ4v) is 3.38. The van der Waals surface area contributed by atoms with Gasteiger partial charge in [-0.05, 0) is 37.1 Å². The molecule has 2 aliphatic rings. The number of para-hydroxylation sites is 1. The van der Waals surface area contributed by atoms with Crippen LogP contribution < -0.4 is 19.5 Å². The summed E-state index contributed by atoms with van der Waals surface area (Å²) < 4.78 is 16.3. The molecule has 2 aromatic carbocycles. The number of anilines is 1. The molecule has 0 aliphatic carbocycles. The van der Waals surface area contributed by atoms with E-state index in [0.717, 1.165) is 5.75 Å². The van der Waals surface area contributed by atoms with Crippen molar-refractivity contribution in [1.29, 1.82) is 0 Å². The maximum Gasteiger partial charge on any atom is 0.238 e. The Bertz CT molecular complexity index is 819. The third-order valence-electron chi connectivity index (χ3n) is 5.06. The summed E-state index contributed by atoms with van der Waals surface area (Å²) in [5, 5.41) is 13.6. The number of rotatable bonds is 6. The van der Waals surface area contributed by atoms with Crippen LogP contribution in [0, 0.1) is 0 Å². The second-order valence-corrected chi connectivity index (χ2v) is 7.22. The fourth-order valence-electron chi connectivity index (χ4n) is 3.38. The van der Waals surface area contributed by atoms with Gasteiger partial charge < -0.3 is 24.6 Å². The molecule has 7 heteroatoms. The van der Waals surface area contributed by atoms with E-state index in [4.69, 9.17) is 14.2 Å². The van der Waals surface area contributed by atoms with Crippen molar-refractivity contribution in [2.45, 2.75) is 18.4 Å². The summed E-state index contributed by atoms with van der Waals surface area (Å²) >= 11 is 0. The summed E-state index contributed by atoms with van der Waals surface area (Å²) in [6.07, 6.45) is 1.13. The van der Waals surface area contributed by atoms with Crippen molar-refractivity contribution in [1.82, 2.24) is 4.90 Å². The van der Waals surface area contributed by atoms with Gasteiger partial charge in [0.1, 0.15) is 18.0 Å². The van der Waals surface area contributed by atoms with Crippen LogP contribution in [0.5, 0.6) is 17.2 Å². The van der Waals surface area contributed by atoms with Gasteiger partial charge in [-0.2, -0.15) is 0 Å². The van der Waals surface area contributed by atoms with Crippen LogP contribution in [0.25, 0.3) is 0 Å². The zero-order valence-electron chi connectivity index (χ0n) is 15.6. The number of benzene rings is 2. The summed E-state index contributed by atoms with van der Waals surface area (Å²) in [5.74, 6) is 1.98. The number of fused-ring (bicyclic) bond motifs is 1. The molecule has 7 nitrogen and oxygen atoms in total. The molecule has 0 radical (unpaired) electrons. The zero-order chi connectivity index (χ0) is 19.4. The van der Waals surface area contributed by atoms with E-state index < -0.39 is 5.60 Å². The maximum absolute atomic E-state index is 12.3. The van der Waals surface area contributed by atoms with Gasteiger partial charge in [0.2, 0.25) is 12.7 Å². The molecule has 4 rings (SSSR count). The molecule has 1 saturated heterocycles. The van der Waals surface area contributed by atoms with Crippen LogP contribution in [0.2, 0.25) is 0 Å². The molecule has 2 aromatic rings. The molecule has 2 N–H and O–H groups in total. The SMILES string of the molecule is O=C(CN1CCC(O)(COc2ccccc2)CC1)Nc1ccc2c(c1)OCO2. The molecule has 0 spiro atoms. The van der Waals surface area contributed by atoms with E-state index in [9.17, 15) is 9.90 Å². The standard InChI is InChI=1S/C21H24N2O5/c24-20(22-16-6-7-18-19(12-16)28-15-27-18)13-23-10-8-21(25,9-11-23)14-26-17-4-2-1-3-5-17/h1-7,12,25H,8-11,13-15H2,(H,22,24).